The van der Waals surface area contributed by atoms with Gasteiger partial charge >= 0.3 is 0 Å². The molecule has 0 saturated heterocycles. The fraction of sp³-hybridized carbons (Fsp3) is 0.647. The number of nitrogens with one attached hydrogen (secondary N) is 1. The Balaban J connectivity index is 1.33. The average molecular weight is 257 g/mol. The summed E-state index contributed by atoms with van der Waals surface area (Å²) in [7, 11) is 0. The minimum absolute atomic E-state index is 0.117. The molecule has 4 aliphatic rings. The molecular formula is C17H20FN. The Morgan fingerprint density at radius 2 is 2.11 bits per heavy atom. The van der Waals surface area contributed by atoms with Gasteiger partial charge in [-0.3, -0.25) is 0 Å². The van der Waals surface area contributed by atoms with Crippen molar-refractivity contribution in [2.75, 3.05) is 0 Å². The van der Waals surface area contributed by atoms with E-state index in [4.69, 9.17) is 0 Å². The lowest BCUT2D eigenvalue weighted by Crippen LogP contribution is -2.44. The predicted octanol–water partition coefficient (Wildman–Crippen LogP) is 3.35. The Morgan fingerprint density at radius 1 is 1.16 bits per heavy atom. The smallest absolute Gasteiger partial charge is 0.123 e. The van der Waals surface area contributed by atoms with Gasteiger partial charge in [0.25, 0.3) is 0 Å². The van der Waals surface area contributed by atoms with E-state index in [9.17, 15) is 4.39 Å². The van der Waals surface area contributed by atoms with Crippen molar-refractivity contribution in [3.63, 3.8) is 0 Å². The van der Waals surface area contributed by atoms with Crippen LogP contribution >= 0.6 is 0 Å². The normalized spacial score (nSPS) is 48.6. The fourth-order valence-electron chi connectivity index (χ4n) is 5.89. The maximum Gasteiger partial charge on any atom is 0.123 e. The summed E-state index contributed by atoms with van der Waals surface area (Å²) < 4.78 is 13.2. The van der Waals surface area contributed by atoms with Crippen molar-refractivity contribution in [2.45, 2.75) is 38.3 Å². The molecule has 0 amide bonds. The summed E-state index contributed by atoms with van der Waals surface area (Å²) in [6.45, 7) is 0.834. The molecule has 1 spiro atoms. The number of hydrogen-bond donors (Lipinski definition) is 1. The van der Waals surface area contributed by atoms with Crippen LogP contribution in [-0.2, 0) is 6.54 Å². The first-order valence-corrected chi connectivity index (χ1v) is 7.74. The molecule has 1 N–H and O–H groups in total. The monoisotopic (exact) mass is 257 g/mol. The van der Waals surface area contributed by atoms with Crippen molar-refractivity contribution in [3.05, 3.63) is 35.6 Å². The summed E-state index contributed by atoms with van der Waals surface area (Å²) in [5, 5.41) is 3.77. The van der Waals surface area contributed by atoms with Crippen LogP contribution < -0.4 is 5.32 Å². The van der Waals surface area contributed by atoms with Crippen molar-refractivity contribution in [1.29, 1.82) is 0 Å². The standard InChI is InChI=1S/C17H20FN/c18-13-3-1-2-10(4-13)9-19-16-11-5-12-7-17(8-15(16)17)14(12)6-11/h1-4,11-12,14-16,19H,5-9H2. The fourth-order valence-corrected chi connectivity index (χ4v) is 5.89. The van der Waals surface area contributed by atoms with Crippen LogP contribution in [0.15, 0.2) is 24.3 Å². The van der Waals surface area contributed by atoms with Gasteiger partial charge in [-0.2, -0.15) is 0 Å². The number of halogens is 1. The molecular weight excluding hydrogens is 237 g/mol. The second-order valence-corrected chi connectivity index (χ2v) is 7.38. The Kier molecular flexibility index (Phi) is 1.94. The quantitative estimate of drug-likeness (QED) is 0.875. The number of benzene rings is 1. The van der Waals surface area contributed by atoms with E-state index >= 15 is 0 Å². The molecule has 0 aliphatic heterocycles. The highest BCUT2D eigenvalue weighted by Gasteiger charge is 2.75. The first kappa shape index (κ1) is 10.8. The van der Waals surface area contributed by atoms with E-state index in [0.29, 0.717) is 6.04 Å². The zero-order valence-electron chi connectivity index (χ0n) is 11.1. The maximum atomic E-state index is 13.2. The second kappa shape index (κ2) is 3.41. The highest BCUT2D eigenvalue weighted by Crippen LogP contribution is 2.80. The third kappa shape index (κ3) is 1.33. The largest absolute Gasteiger partial charge is 0.309 e. The van der Waals surface area contributed by atoms with E-state index in [-0.39, 0.29) is 5.82 Å². The summed E-state index contributed by atoms with van der Waals surface area (Å²) in [6, 6.07) is 7.74. The molecule has 6 unspecified atom stereocenters. The molecule has 4 aliphatic carbocycles. The van der Waals surface area contributed by atoms with Crippen LogP contribution in [0.3, 0.4) is 0 Å². The summed E-state index contributed by atoms with van der Waals surface area (Å²) in [6.07, 6.45) is 5.94. The van der Waals surface area contributed by atoms with E-state index < -0.39 is 0 Å². The summed E-state index contributed by atoms with van der Waals surface area (Å²) in [4.78, 5) is 0. The Morgan fingerprint density at radius 3 is 3.00 bits per heavy atom. The Labute approximate surface area is 113 Å². The van der Waals surface area contributed by atoms with Crippen molar-refractivity contribution >= 4 is 0 Å². The summed E-state index contributed by atoms with van der Waals surface area (Å²) in [5.41, 5.74) is 1.86. The van der Waals surface area contributed by atoms with Crippen molar-refractivity contribution in [2.24, 2.45) is 29.1 Å². The van der Waals surface area contributed by atoms with Gasteiger partial charge in [-0.15, -0.1) is 0 Å². The van der Waals surface area contributed by atoms with E-state index in [1.807, 2.05) is 12.1 Å². The van der Waals surface area contributed by atoms with Crippen LogP contribution in [0.4, 0.5) is 4.39 Å². The molecule has 19 heavy (non-hydrogen) atoms. The first-order chi connectivity index (χ1) is 9.26. The maximum absolute atomic E-state index is 13.2. The lowest BCUT2D eigenvalue weighted by molar-refractivity contribution is 0.0457. The predicted molar refractivity (Wildman–Crippen MR) is 71.9 cm³/mol. The van der Waals surface area contributed by atoms with Crippen LogP contribution in [0.25, 0.3) is 0 Å². The minimum Gasteiger partial charge on any atom is -0.309 e. The molecule has 5 rings (SSSR count). The summed E-state index contributed by atoms with van der Waals surface area (Å²) in [5.74, 6) is 3.90. The molecule has 0 aromatic heterocycles. The lowest BCUT2D eigenvalue weighted by atomic mass is 9.61. The van der Waals surface area contributed by atoms with Gasteiger partial charge in [-0.05, 0) is 72.5 Å². The van der Waals surface area contributed by atoms with Gasteiger partial charge < -0.3 is 5.32 Å². The minimum atomic E-state index is -0.117. The van der Waals surface area contributed by atoms with Gasteiger partial charge in [0.1, 0.15) is 5.82 Å². The van der Waals surface area contributed by atoms with Gasteiger partial charge in [0.15, 0.2) is 0 Å². The third-order valence-electron chi connectivity index (χ3n) is 6.66. The number of fused-ring (bicyclic) bond motifs is 1. The SMILES string of the molecule is Fc1cccc(CNC2C3CC4CC5(CC25)C4C3)c1. The topological polar surface area (TPSA) is 12.0 Å². The van der Waals surface area contributed by atoms with Crippen molar-refractivity contribution in [3.8, 4) is 0 Å². The second-order valence-electron chi connectivity index (χ2n) is 7.38. The Bertz CT molecular complexity index is 540. The zero-order valence-corrected chi connectivity index (χ0v) is 11.1. The van der Waals surface area contributed by atoms with Crippen LogP contribution in [0.1, 0.15) is 31.2 Å². The van der Waals surface area contributed by atoms with Gasteiger partial charge in [-0.25, -0.2) is 4.39 Å². The highest BCUT2D eigenvalue weighted by molar-refractivity contribution is 5.26. The van der Waals surface area contributed by atoms with Crippen LogP contribution in [0, 0.1) is 34.9 Å². The summed E-state index contributed by atoms with van der Waals surface area (Å²) >= 11 is 0. The lowest BCUT2D eigenvalue weighted by Gasteiger charge is -2.45. The number of hydrogen-bond acceptors (Lipinski definition) is 1. The van der Waals surface area contributed by atoms with Gasteiger partial charge in [0.2, 0.25) is 0 Å². The van der Waals surface area contributed by atoms with Gasteiger partial charge in [0, 0.05) is 12.6 Å². The van der Waals surface area contributed by atoms with Gasteiger partial charge in [-0.1, -0.05) is 12.1 Å². The third-order valence-corrected chi connectivity index (χ3v) is 6.66. The van der Waals surface area contributed by atoms with E-state index in [2.05, 4.69) is 5.32 Å². The molecule has 2 heteroatoms. The molecule has 1 aromatic carbocycles. The molecule has 100 valence electrons. The number of rotatable bonds is 3. The van der Waals surface area contributed by atoms with Crippen LogP contribution in [-0.4, -0.2) is 6.04 Å². The molecule has 0 radical (unpaired) electrons. The average Bonchev–Trinajstić information content (AvgIpc) is 3.06. The van der Waals surface area contributed by atoms with Crippen LogP contribution in [0.2, 0.25) is 0 Å². The molecule has 0 heterocycles. The van der Waals surface area contributed by atoms with Crippen molar-refractivity contribution < 1.29 is 4.39 Å². The molecule has 1 nitrogen and oxygen atoms in total. The molecule has 4 fully saturated rings. The van der Waals surface area contributed by atoms with Crippen molar-refractivity contribution in [1.82, 2.24) is 5.32 Å². The molecule has 4 saturated carbocycles. The van der Waals surface area contributed by atoms with E-state index in [1.54, 1.807) is 6.07 Å². The van der Waals surface area contributed by atoms with Crippen LogP contribution in [0.5, 0.6) is 0 Å². The molecule has 6 atom stereocenters. The van der Waals surface area contributed by atoms with E-state index in [1.165, 1.54) is 31.7 Å². The van der Waals surface area contributed by atoms with E-state index in [0.717, 1.165) is 41.2 Å². The first-order valence-electron chi connectivity index (χ1n) is 7.74. The highest BCUT2D eigenvalue weighted by atomic mass is 19.1. The van der Waals surface area contributed by atoms with Gasteiger partial charge in [0.05, 0.1) is 0 Å². The zero-order chi connectivity index (χ0) is 12.6. The Hall–Kier alpha value is -0.890. The molecule has 1 aromatic rings. The molecule has 2 bridgehead atoms.